The SMILES string of the molecule is O=C1O[C@]2(CC[C@H](c3nc4cc(Br)ccc4[nH]3)CC2)CN1c1ccccn1. The Bertz CT molecular complexity index is 996. The number of pyridine rings is 1. The molecule has 1 spiro atoms. The van der Waals surface area contributed by atoms with Crippen molar-refractivity contribution in [1.29, 1.82) is 0 Å². The molecule has 27 heavy (non-hydrogen) atoms. The summed E-state index contributed by atoms with van der Waals surface area (Å²) in [4.78, 5) is 26.6. The van der Waals surface area contributed by atoms with E-state index in [4.69, 9.17) is 9.72 Å². The number of carbonyl (C=O) groups is 1. The highest BCUT2D eigenvalue weighted by Gasteiger charge is 2.48. The van der Waals surface area contributed by atoms with Crippen molar-refractivity contribution in [1.82, 2.24) is 15.0 Å². The first kappa shape index (κ1) is 16.7. The third-order valence-corrected chi connectivity index (χ3v) is 6.14. The van der Waals surface area contributed by atoms with E-state index in [-0.39, 0.29) is 6.09 Å². The van der Waals surface area contributed by atoms with E-state index in [1.165, 1.54) is 0 Å². The largest absolute Gasteiger partial charge is 0.441 e. The fourth-order valence-corrected chi connectivity index (χ4v) is 4.53. The van der Waals surface area contributed by atoms with Gasteiger partial charge < -0.3 is 9.72 Å². The van der Waals surface area contributed by atoms with Crippen LogP contribution in [0.3, 0.4) is 0 Å². The number of imidazole rings is 1. The van der Waals surface area contributed by atoms with Gasteiger partial charge in [0.15, 0.2) is 0 Å². The van der Waals surface area contributed by atoms with Crippen LogP contribution in [0.4, 0.5) is 10.6 Å². The molecule has 0 radical (unpaired) electrons. The van der Waals surface area contributed by atoms with Gasteiger partial charge in [-0.15, -0.1) is 0 Å². The molecule has 1 saturated carbocycles. The number of benzene rings is 1. The number of hydrogen-bond acceptors (Lipinski definition) is 4. The zero-order valence-electron chi connectivity index (χ0n) is 14.7. The van der Waals surface area contributed by atoms with E-state index in [2.05, 4.69) is 25.9 Å². The third-order valence-electron chi connectivity index (χ3n) is 5.64. The minimum absolute atomic E-state index is 0.291. The number of nitrogens with zero attached hydrogens (tertiary/aromatic N) is 3. The second-order valence-corrected chi connectivity index (χ2v) is 8.30. The van der Waals surface area contributed by atoms with Crippen LogP contribution in [0.2, 0.25) is 0 Å². The molecule has 0 bridgehead atoms. The van der Waals surface area contributed by atoms with Crippen LogP contribution < -0.4 is 4.90 Å². The molecule has 1 amide bonds. The maximum absolute atomic E-state index is 12.4. The lowest BCUT2D eigenvalue weighted by Gasteiger charge is -2.34. The van der Waals surface area contributed by atoms with Gasteiger partial charge >= 0.3 is 6.09 Å². The molecule has 3 heterocycles. The van der Waals surface area contributed by atoms with Crippen molar-refractivity contribution in [2.75, 3.05) is 11.4 Å². The summed E-state index contributed by atoms with van der Waals surface area (Å²) in [6.07, 6.45) is 4.99. The first-order valence-corrected chi connectivity index (χ1v) is 9.98. The highest BCUT2D eigenvalue weighted by Crippen LogP contribution is 2.43. The number of fused-ring (bicyclic) bond motifs is 1. The number of rotatable bonds is 2. The van der Waals surface area contributed by atoms with Crippen LogP contribution in [0.25, 0.3) is 11.0 Å². The van der Waals surface area contributed by atoms with Crippen LogP contribution in [0.15, 0.2) is 47.1 Å². The molecule has 2 aliphatic rings. The lowest BCUT2D eigenvalue weighted by atomic mass is 9.78. The normalized spacial score (nSPS) is 25.3. The summed E-state index contributed by atoms with van der Waals surface area (Å²) >= 11 is 3.50. The molecule has 2 fully saturated rings. The molecular weight excluding hydrogens is 408 g/mol. The smallest absolute Gasteiger partial charge is 0.416 e. The lowest BCUT2D eigenvalue weighted by Crippen LogP contribution is -2.38. The molecule has 7 heteroatoms. The molecule has 1 aliphatic carbocycles. The standard InChI is InChI=1S/C20H19BrN4O2/c21-14-4-5-15-16(11-14)24-18(23-15)13-6-8-20(9-7-13)12-25(19(26)27-20)17-3-1-2-10-22-17/h1-5,10-11,13H,6-9,12H2,(H,23,24)/t13-,20-. The molecule has 1 saturated heterocycles. The van der Waals surface area contributed by atoms with Crippen LogP contribution in [0, 0.1) is 0 Å². The molecule has 0 unspecified atom stereocenters. The Hall–Kier alpha value is -2.41. The Kier molecular flexibility index (Phi) is 3.93. The molecule has 0 atom stereocenters. The third kappa shape index (κ3) is 3.00. The van der Waals surface area contributed by atoms with E-state index in [0.29, 0.717) is 18.3 Å². The van der Waals surface area contributed by atoms with E-state index < -0.39 is 5.60 Å². The average Bonchev–Trinajstić information content (AvgIpc) is 3.24. The van der Waals surface area contributed by atoms with Crippen LogP contribution in [-0.2, 0) is 4.74 Å². The van der Waals surface area contributed by atoms with Crippen molar-refractivity contribution in [2.24, 2.45) is 0 Å². The lowest BCUT2D eigenvalue weighted by molar-refractivity contribution is 0.0208. The number of nitrogens with one attached hydrogen (secondary N) is 1. The van der Waals surface area contributed by atoms with Crippen LogP contribution in [0.5, 0.6) is 0 Å². The van der Waals surface area contributed by atoms with Gasteiger partial charge in [0.2, 0.25) is 0 Å². The zero-order chi connectivity index (χ0) is 18.4. The first-order chi connectivity index (χ1) is 13.1. The summed E-state index contributed by atoms with van der Waals surface area (Å²) in [6, 6.07) is 11.7. The van der Waals surface area contributed by atoms with Crippen LogP contribution in [0.1, 0.15) is 37.4 Å². The van der Waals surface area contributed by atoms with Crippen LogP contribution >= 0.6 is 15.9 Å². The van der Waals surface area contributed by atoms with E-state index in [1.54, 1.807) is 11.1 Å². The Morgan fingerprint density at radius 2 is 2.07 bits per heavy atom. The Morgan fingerprint density at radius 1 is 1.22 bits per heavy atom. The molecule has 6 nitrogen and oxygen atoms in total. The summed E-state index contributed by atoms with van der Waals surface area (Å²) in [5, 5.41) is 0. The van der Waals surface area contributed by atoms with E-state index in [9.17, 15) is 4.79 Å². The fraction of sp³-hybridized carbons (Fsp3) is 0.350. The Labute approximate surface area is 165 Å². The van der Waals surface area contributed by atoms with Gasteiger partial charge in [-0.2, -0.15) is 0 Å². The van der Waals surface area contributed by atoms with Gasteiger partial charge in [-0.05, 0) is 56.0 Å². The predicted molar refractivity (Wildman–Crippen MR) is 106 cm³/mol. The number of aromatic nitrogens is 3. The summed E-state index contributed by atoms with van der Waals surface area (Å²) in [5.41, 5.74) is 1.63. The first-order valence-electron chi connectivity index (χ1n) is 9.19. The Balaban J connectivity index is 1.31. The van der Waals surface area contributed by atoms with Gasteiger partial charge in [-0.1, -0.05) is 22.0 Å². The maximum atomic E-state index is 12.4. The Morgan fingerprint density at radius 3 is 2.85 bits per heavy atom. The average molecular weight is 427 g/mol. The quantitative estimate of drug-likeness (QED) is 0.640. The van der Waals surface area contributed by atoms with Gasteiger partial charge in [-0.3, -0.25) is 4.90 Å². The van der Waals surface area contributed by atoms with Gasteiger partial charge in [0.05, 0.1) is 17.6 Å². The summed E-state index contributed by atoms with van der Waals surface area (Å²) in [6.45, 7) is 0.572. The van der Waals surface area contributed by atoms with Gasteiger partial charge in [-0.25, -0.2) is 14.8 Å². The molecule has 1 N–H and O–H groups in total. The predicted octanol–water partition coefficient (Wildman–Crippen LogP) is 4.77. The summed E-state index contributed by atoms with van der Waals surface area (Å²) in [7, 11) is 0. The minimum atomic E-state index is -0.403. The molecule has 1 aromatic carbocycles. The molecular formula is C20H19BrN4O2. The number of H-pyrrole nitrogens is 1. The highest BCUT2D eigenvalue weighted by atomic mass is 79.9. The van der Waals surface area contributed by atoms with Crippen molar-refractivity contribution in [2.45, 2.75) is 37.2 Å². The summed E-state index contributed by atoms with van der Waals surface area (Å²) < 4.78 is 6.86. The van der Waals surface area contributed by atoms with Crippen LogP contribution in [-0.4, -0.2) is 33.2 Å². The number of hydrogen-bond donors (Lipinski definition) is 1. The van der Waals surface area contributed by atoms with Crippen molar-refractivity contribution >= 4 is 38.9 Å². The molecule has 5 rings (SSSR count). The number of carbonyl (C=O) groups excluding carboxylic acids is 1. The second-order valence-electron chi connectivity index (χ2n) is 7.38. The fourth-order valence-electron chi connectivity index (χ4n) is 4.18. The number of anilines is 1. The molecule has 138 valence electrons. The van der Waals surface area contributed by atoms with E-state index >= 15 is 0 Å². The van der Waals surface area contributed by atoms with Gasteiger partial charge in [0.25, 0.3) is 0 Å². The minimum Gasteiger partial charge on any atom is -0.441 e. The highest BCUT2D eigenvalue weighted by molar-refractivity contribution is 9.10. The van der Waals surface area contributed by atoms with Crippen molar-refractivity contribution in [3.8, 4) is 0 Å². The molecule has 1 aliphatic heterocycles. The number of amides is 1. The van der Waals surface area contributed by atoms with Crippen molar-refractivity contribution in [3.05, 3.63) is 52.9 Å². The summed E-state index contributed by atoms with van der Waals surface area (Å²) in [5.74, 6) is 2.05. The topological polar surface area (TPSA) is 71.1 Å². The number of aromatic amines is 1. The molecule has 3 aromatic rings. The number of ether oxygens (including phenoxy) is 1. The van der Waals surface area contributed by atoms with Gasteiger partial charge in [0.1, 0.15) is 17.2 Å². The number of halogens is 1. The monoisotopic (exact) mass is 426 g/mol. The maximum Gasteiger partial charge on any atom is 0.416 e. The zero-order valence-corrected chi connectivity index (χ0v) is 16.3. The van der Waals surface area contributed by atoms with E-state index in [1.807, 2.05) is 36.4 Å². The molecule has 2 aromatic heterocycles. The second kappa shape index (κ2) is 6.34. The van der Waals surface area contributed by atoms with E-state index in [0.717, 1.165) is 47.0 Å². The van der Waals surface area contributed by atoms with Crippen molar-refractivity contribution < 1.29 is 9.53 Å². The van der Waals surface area contributed by atoms with Gasteiger partial charge in [0, 0.05) is 16.6 Å². The van der Waals surface area contributed by atoms with Crippen molar-refractivity contribution in [3.63, 3.8) is 0 Å².